The van der Waals surface area contributed by atoms with Gasteiger partial charge in [-0.05, 0) is 19.4 Å². The highest BCUT2D eigenvalue weighted by Crippen LogP contribution is 2.40. The quantitative estimate of drug-likeness (QED) is 0.890. The first-order valence-electron chi connectivity index (χ1n) is 6.22. The predicted molar refractivity (Wildman–Crippen MR) is 70.9 cm³/mol. The maximum absolute atomic E-state index is 5.47. The molecule has 2 rings (SSSR count). The fraction of sp³-hybridized carbons (Fsp3) is 0.571. The normalized spacial score (nSPS) is 22.9. The molecule has 1 fully saturated rings. The average molecular weight is 251 g/mol. The number of benzene rings is 1. The van der Waals surface area contributed by atoms with E-state index in [1.165, 1.54) is 5.56 Å². The van der Waals surface area contributed by atoms with Crippen LogP contribution >= 0.6 is 0 Å². The highest BCUT2D eigenvalue weighted by molar-refractivity contribution is 5.52. The summed E-state index contributed by atoms with van der Waals surface area (Å²) in [6, 6.07) is 4.48. The SMILES string of the molecule is COc1cc(OC)c(C2CNC(C)C2)cc1OC. The van der Waals surface area contributed by atoms with Gasteiger partial charge < -0.3 is 19.5 Å². The van der Waals surface area contributed by atoms with E-state index in [2.05, 4.69) is 12.2 Å². The van der Waals surface area contributed by atoms with E-state index in [1.807, 2.05) is 12.1 Å². The van der Waals surface area contributed by atoms with Crippen LogP contribution in [0.3, 0.4) is 0 Å². The summed E-state index contributed by atoms with van der Waals surface area (Å²) in [5.41, 5.74) is 1.19. The lowest BCUT2D eigenvalue weighted by molar-refractivity contribution is 0.346. The fourth-order valence-electron chi connectivity index (χ4n) is 2.55. The Morgan fingerprint density at radius 3 is 2.11 bits per heavy atom. The maximum Gasteiger partial charge on any atom is 0.164 e. The van der Waals surface area contributed by atoms with Crippen molar-refractivity contribution in [2.24, 2.45) is 0 Å². The second-order valence-corrected chi connectivity index (χ2v) is 4.69. The Hall–Kier alpha value is -1.42. The number of hydrogen-bond acceptors (Lipinski definition) is 4. The molecule has 0 bridgehead atoms. The van der Waals surface area contributed by atoms with E-state index in [1.54, 1.807) is 21.3 Å². The number of nitrogens with one attached hydrogen (secondary N) is 1. The molecular weight excluding hydrogens is 230 g/mol. The molecule has 4 nitrogen and oxygen atoms in total. The van der Waals surface area contributed by atoms with Crippen LogP contribution in [0.5, 0.6) is 17.2 Å². The zero-order chi connectivity index (χ0) is 13.1. The molecule has 0 radical (unpaired) electrons. The van der Waals surface area contributed by atoms with Crippen LogP contribution in [0.2, 0.25) is 0 Å². The Morgan fingerprint density at radius 1 is 1.00 bits per heavy atom. The molecule has 100 valence electrons. The number of ether oxygens (including phenoxy) is 3. The molecule has 0 spiro atoms. The molecular formula is C14H21NO3. The minimum absolute atomic E-state index is 0.467. The van der Waals surface area contributed by atoms with Crippen molar-refractivity contribution < 1.29 is 14.2 Å². The molecule has 18 heavy (non-hydrogen) atoms. The number of methoxy groups -OCH3 is 3. The zero-order valence-electron chi connectivity index (χ0n) is 11.4. The van der Waals surface area contributed by atoms with Gasteiger partial charge in [-0.3, -0.25) is 0 Å². The predicted octanol–water partition coefficient (Wildman–Crippen LogP) is 2.18. The Kier molecular flexibility index (Phi) is 3.97. The molecule has 0 amide bonds. The highest BCUT2D eigenvalue weighted by Gasteiger charge is 2.26. The third kappa shape index (κ3) is 2.38. The zero-order valence-corrected chi connectivity index (χ0v) is 11.4. The molecule has 1 aliphatic rings. The van der Waals surface area contributed by atoms with E-state index in [0.29, 0.717) is 17.7 Å². The standard InChI is InChI=1S/C14H21NO3/c1-9-5-10(8-15-9)11-6-13(17-3)14(18-4)7-12(11)16-2/h6-7,9-10,15H,5,8H2,1-4H3. The van der Waals surface area contributed by atoms with Gasteiger partial charge in [-0.1, -0.05) is 0 Å². The second kappa shape index (κ2) is 5.48. The lowest BCUT2D eigenvalue weighted by Gasteiger charge is -2.17. The van der Waals surface area contributed by atoms with Crippen LogP contribution < -0.4 is 19.5 Å². The van der Waals surface area contributed by atoms with Crippen molar-refractivity contribution in [1.29, 1.82) is 0 Å². The van der Waals surface area contributed by atoms with Gasteiger partial charge in [0.2, 0.25) is 0 Å². The molecule has 1 aromatic carbocycles. The van der Waals surface area contributed by atoms with E-state index in [9.17, 15) is 0 Å². The summed E-state index contributed by atoms with van der Waals surface area (Å²) in [7, 11) is 4.98. The smallest absolute Gasteiger partial charge is 0.164 e. The molecule has 0 aliphatic carbocycles. The van der Waals surface area contributed by atoms with Crippen LogP contribution in [0.1, 0.15) is 24.8 Å². The number of hydrogen-bond donors (Lipinski definition) is 1. The summed E-state index contributed by atoms with van der Waals surface area (Å²) in [5.74, 6) is 2.80. The lowest BCUT2D eigenvalue weighted by Crippen LogP contribution is -2.16. The van der Waals surface area contributed by atoms with Gasteiger partial charge in [0, 0.05) is 30.1 Å². The van der Waals surface area contributed by atoms with Crippen molar-refractivity contribution in [2.75, 3.05) is 27.9 Å². The van der Waals surface area contributed by atoms with Crippen molar-refractivity contribution >= 4 is 0 Å². The van der Waals surface area contributed by atoms with Gasteiger partial charge in [-0.25, -0.2) is 0 Å². The van der Waals surface area contributed by atoms with Gasteiger partial charge in [0.05, 0.1) is 21.3 Å². The molecule has 4 heteroatoms. The largest absolute Gasteiger partial charge is 0.496 e. The fourth-order valence-corrected chi connectivity index (χ4v) is 2.55. The molecule has 1 N–H and O–H groups in total. The van der Waals surface area contributed by atoms with Crippen molar-refractivity contribution in [3.8, 4) is 17.2 Å². The minimum Gasteiger partial charge on any atom is -0.496 e. The Labute approximate surface area is 108 Å². The average Bonchev–Trinajstić information content (AvgIpc) is 2.83. The van der Waals surface area contributed by atoms with E-state index in [-0.39, 0.29) is 0 Å². The minimum atomic E-state index is 0.467. The molecule has 1 saturated heterocycles. The lowest BCUT2D eigenvalue weighted by atomic mass is 9.95. The first kappa shape index (κ1) is 13.0. The monoisotopic (exact) mass is 251 g/mol. The van der Waals surface area contributed by atoms with Gasteiger partial charge in [0.25, 0.3) is 0 Å². The Balaban J connectivity index is 2.38. The van der Waals surface area contributed by atoms with Gasteiger partial charge in [0.1, 0.15) is 5.75 Å². The molecule has 0 aromatic heterocycles. The molecule has 2 unspecified atom stereocenters. The van der Waals surface area contributed by atoms with Crippen LogP contribution in [0.25, 0.3) is 0 Å². The summed E-state index contributed by atoms with van der Waals surface area (Å²) in [4.78, 5) is 0. The van der Waals surface area contributed by atoms with E-state index < -0.39 is 0 Å². The topological polar surface area (TPSA) is 39.7 Å². The van der Waals surface area contributed by atoms with Crippen molar-refractivity contribution in [2.45, 2.75) is 25.3 Å². The van der Waals surface area contributed by atoms with E-state index >= 15 is 0 Å². The summed E-state index contributed by atoms with van der Waals surface area (Å²) in [6.45, 7) is 3.18. The summed E-state index contributed by atoms with van der Waals surface area (Å²) in [6.07, 6.45) is 1.12. The van der Waals surface area contributed by atoms with Crippen molar-refractivity contribution in [3.63, 3.8) is 0 Å². The third-order valence-electron chi connectivity index (χ3n) is 3.53. The summed E-state index contributed by atoms with van der Waals surface area (Å²) in [5, 5.41) is 3.46. The van der Waals surface area contributed by atoms with Crippen LogP contribution in [-0.2, 0) is 0 Å². The summed E-state index contributed by atoms with van der Waals surface area (Å²) < 4.78 is 16.1. The second-order valence-electron chi connectivity index (χ2n) is 4.69. The van der Waals surface area contributed by atoms with Crippen LogP contribution in [-0.4, -0.2) is 33.9 Å². The van der Waals surface area contributed by atoms with E-state index in [0.717, 1.165) is 24.5 Å². The first-order chi connectivity index (χ1) is 8.69. The van der Waals surface area contributed by atoms with Crippen LogP contribution in [0.4, 0.5) is 0 Å². The molecule has 1 aliphatic heterocycles. The van der Waals surface area contributed by atoms with Crippen LogP contribution in [0.15, 0.2) is 12.1 Å². The van der Waals surface area contributed by atoms with Crippen LogP contribution in [0, 0.1) is 0 Å². The van der Waals surface area contributed by atoms with Gasteiger partial charge in [-0.15, -0.1) is 0 Å². The molecule has 1 heterocycles. The Morgan fingerprint density at radius 2 is 1.61 bits per heavy atom. The summed E-state index contributed by atoms with van der Waals surface area (Å²) >= 11 is 0. The first-order valence-corrected chi connectivity index (χ1v) is 6.22. The number of rotatable bonds is 4. The molecule has 1 aromatic rings. The van der Waals surface area contributed by atoms with Gasteiger partial charge >= 0.3 is 0 Å². The molecule has 2 atom stereocenters. The van der Waals surface area contributed by atoms with Gasteiger partial charge in [0.15, 0.2) is 11.5 Å². The molecule has 0 saturated carbocycles. The Bertz CT molecular complexity index is 420. The van der Waals surface area contributed by atoms with E-state index in [4.69, 9.17) is 14.2 Å². The third-order valence-corrected chi connectivity index (χ3v) is 3.53. The van der Waals surface area contributed by atoms with Crippen molar-refractivity contribution in [3.05, 3.63) is 17.7 Å². The maximum atomic E-state index is 5.47. The van der Waals surface area contributed by atoms with Crippen molar-refractivity contribution in [1.82, 2.24) is 5.32 Å². The van der Waals surface area contributed by atoms with Gasteiger partial charge in [-0.2, -0.15) is 0 Å². The highest BCUT2D eigenvalue weighted by atomic mass is 16.5.